The van der Waals surface area contributed by atoms with Crippen molar-refractivity contribution in [1.29, 1.82) is 0 Å². The first-order chi connectivity index (χ1) is 8.08. The van der Waals surface area contributed by atoms with E-state index in [1.165, 1.54) is 12.3 Å². The van der Waals surface area contributed by atoms with E-state index in [2.05, 4.69) is 4.98 Å². The van der Waals surface area contributed by atoms with Crippen molar-refractivity contribution >= 4 is 11.8 Å². The minimum absolute atomic E-state index is 0.0148. The molecular weight excluding hydrogens is 218 g/mol. The monoisotopic (exact) mass is 229 g/mol. The Labute approximate surface area is 97.9 Å². The molecule has 0 unspecified atom stereocenters. The van der Waals surface area contributed by atoms with Gasteiger partial charge in [0.25, 0.3) is 0 Å². The molecule has 2 aromatic rings. The van der Waals surface area contributed by atoms with Gasteiger partial charge in [0, 0.05) is 17.3 Å². The standard InChI is InChI=1S/C13H11NO3/c1-8-3-2-4-9(5-8)12(15)10-6-11(13(16)17)14-7-10/h2-7,14H,1H3,(H,16,17). The SMILES string of the molecule is Cc1cccc(C(=O)c2c[nH]c(C(=O)O)c2)c1. The van der Waals surface area contributed by atoms with E-state index in [9.17, 15) is 9.59 Å². The van der Waals surface area contributed by atoms with Crippen molar-refractivity contribution in [3.05, 3.63) is 58.9 Å². The van der Waals surface area contributed by atoms with Crippen LogP contribution < -0.4 is 0 Å². The number of ketones is 1. The van der Waals surface area contributed by atoms with Crippen LogP contribution in [0.2, 0.25) is 0 Å². The molecule has 1 aromatic carbocycles. The molecule has 0 radical (unpaired) electrons. The first kappa shape index (κ1) is 11.1. The molecule has 2 N–H and O–H groups in total. The molecule has 4 heteroatoms. The van der Waals surface area contributed by atoms with Crippen molar-refractivity contribution in [2.24, 2.45) is 0 Å². The lowest BCUT2D eigenvalue weighted by atomic mass is 10.0. The normalized spacial score (nSPS) is 10.2. The second kappa shape index (κ2) is 4.25. The number of carbonyl (C=O) groups is 2. The molecule has 1 heterocycles. The summed E-state index contributed by atoms with van der Waals surface area (Å²) in [5.41, 5.74) is 1.92. The van der Waals surface area contributed by atoms with Crippen LogP contribution in [0.3, 0.4) is 0 Å². The number of carboxylic acid groups (broad SMARTS) is 1. The van der Waals surface area contributed by atoms with Gasteiger partial charge in [0.15, 0.2) is 5.78 Å². The van der Waals surface area contributed by atoms with E-state index >= 15 is 0 Å². The molecule has 1 aromatic heterocycles. The van der Waals surface area contributed by atoms with E-state index in [-0.39, 0.29) is 11.5 Å². The lowest BCUT2D eigenvalue weighted by Gasteiger charge is -1.99. The molecule has 0 aliphatic rings. The number of aryl methyl sites for hydroxylation is 1. The van der Waals surface area contributed by atoms with Crippen molar-refractivity contribution in [3.63, 3.8) is 0 Å². The largest absolute Gasteiger partial charge is 0.477 e. The predicted octanol–water partition coefficient (Wildman–Crippen LogP) is 2.25. The quantitative estimate of drug-likeness (QED) is 0.793. The fourth-order valence-corrected chi connectivity index (χ4v) is 1.60. The van der Waals surface area contributed by atoms with Crippen LogP contribution in [0.25, 0.3) is 0 Å². The van der Waals surface area contributed by atoms with Crippen molar-refractivity contribution in [2.45, 2.75) is 6.92 Å². The zero-order valence-corrected chi connectivity index (χ0v) is 9.23. The summed E-state index contributed by atoms with van der Waals surface area (Å²) in [5, 5.41) is 8.75. The Balaban J connectivity index is 2.34. The van der Waals surface area contributed by atoms with Crippen LogP contribution in [0.15, 0.2) is 36.5 Å². The maximum atomic E-state index is 12.0. The van der Waals surface area contributed by atoms with Gasteiger partial charge in [-0.2, -0.15) is 0 Å². The molecular formula is C13H11NO3. The molecule has 0 bridgehead atoms. The van der Waals surface area contributed by atoms with Crippen molar-refractivity contribution in [3.8, 4) is 0 Å². The van der Waals surface area contributed by atoms with E-state index in [0.717, 1.165) is 5.56 Å². The molecule has 2 rings (SSSR count). The van der Waals surface area contributed by atoms with Gasteiger partial charge in [-0.1, -0.05) is 23.8 Å². The third kappa shape index (κ3) is 2.25. The molecule has 0 aliphatic heterocycles. The van der Waals surface area contributed by atoms with E-state index in [4.69, 9.17) is 5.11 Å². The van der Waals surface area contributed by atoms with Crippen LogP contribution in [0.4, 0.5) is 0 Å². The number of carbonyl (C=O) groups excluding carboxylic acids is 1. The van der Waals surface area contributed by atoms with Gasteiger partial charge < -0.3 is 10.1 Å². The summed E-state index contributed by atoms with van der Waals surface area (Å²) >= 11 is 0. The fourth-order valence-electron chi connectivity index (χ4n) is 1.60. The Morgan fingerprint density at radius 2 is 1.94 bits per heavy atom. The third-order valence-electron chi connectivity index (χ3n) is 2.46. The van der Waals surface area contributed by atoms with Gasteiger partial charge in [-0.25, -0.2) is 4.79 Å². The average molecular weight is 229 g/mol. The minimum atomic E-state index is -1.08. The predicted molar refractivity (Wildman–Crippen MR) is 62.4 cm³/mol. The zero-order valence-electron chi connectivity index (χ0n) is 9.23. The summed E-state index contributed by atoms with van der Waals surface area (Å²) in [7, 11) is 0. The summed E-state index contributed by atoms with van der Waals surface area (Å²) in [4.78, 5) is 25.3. The van der Waals surface area contributed by atoms with E-state index in [1.807, 2.05) is 13.0 Å². The highest BCUT2D eigenvalue weighted by atomic mass is 16.4. The van der Waals surface area contributed by atoms with Crippen LogP contribution in [-0.4, -0.2) is 21.8 Å². The highest BCUT2D eigenvalue weighted by Gasteiger charge is 2.13. The highest BCUT2D eigenvalue weighted by Crippen LogP contribution is 2.12. The van der Waals surface area contributed by atoms with E-state index in [1.54, 1.807) is 18.2 Å². The number of benzene rings is 1. The number of aromatic amines is 1. The van der Waals surface area contributed by atoms with Gasteiger partial charge in [0.2, 0.25) is 0 Å². The van der Waals surface area contributed by atoms with Crippen molar-refractivity contribution < 1.29 is 14.7 Å². The third-order valence-corrected chi connectivity index (χ3v) is 2.46. The maximum Gasteiger partial charge on any atom is 0.352 e. The second-order valence-corrected chi connectivity index (χ2v) is 3.81. The minimum Gasteiger partial charge on any atom is -0.477 e. The lowest BCUT2D eigenvalue weighted by Crippen LogP contribution is -2.00. The molecule has 0 amide bonds. The summed E-state index contributed by atoms with van der Waals surface area (Å²) in [6.45, 7) is 1.90. The summed E-state index contributed by atoms with van der Waals surface area (Å²) in [5.74, 6) is -1.26. The molecule has 0 aliphatic carbocycles. The van der Waals surface area contributed by atoms with Gasteiger partial charge in [-0.3, -0.25) is 4.79 Å². The summed E-state index contributed by atoms with van der Waals surface area (Å²) in [6, 6.07) is 8.52. The molecule has 0 fully saturated rings. The average Bonchev–Trinajstić information content (AvgIpc) is 2.77. The van der Waals surface area contributed by atoms with Gasteiger partial charge in [0.05, 0.1) is 0 Å². The highest BCUT2D eigenvalue weighted by molar-refractivity contribution is 6.09. The van der Waals surface area contributed by atoms with Crippen LogP contribution in [0.1, 0.15) is 32.0 Å². The Morgan fingerprint density at radius 1 is 1.18 bits per heavy atom. The maximum absolute atomic E-state index is 12.0. The van der Waals surface area contributed by atoms with E-state index in [0.29, 0.717) is 11.1 Å². The van der Waals surface area contributed by atoms with Crippen molar-refractivity contribution in [2.75, 3.05) is 0 Å². The number of H-pyrrole nitrogens is 1. The van der Waals surface area contributed by atoms with Gasteiger partial charge >= 0.3 is 5.97 Å². The number of aromatic carboxylic acids is 1. The molecule has 0 atom stereocenters. The van der Waals surface area contributed by atoms with Gasteiger partial charge in [-0.05, 0) is 19.1 Å². The van der Waals surface area contributed by atoms with Gasteiger partial charge in [-0.15, -0.1) is 0 Å². The smallest absolute Gasteiger partial charge is 0.352 e. The number of rotatable bonds is 3. The topological polar surface area (TPSA) is 70.2 Å². The lowest BCUT2D eigenvalue weighted by molar-refractivity contribution is 0.0691. The molecule has 86 valence electrons. The Kier molecular flexibility index (Phi) is 2.78. The van der Waals surface area contributed by atoms with Gasteiger partial charge in [0.1, 0.15) is 5.69 Å². The van der Waals surface area contributed by atoms with Crippen molar-refractivity contribution in [1.82, 2.24) is 4.98 Å². The molecule has 0 saturated heterocycles. The molecule has 17 heavy (non-hydrogen) atoms. The van der Waals surface area contributed by atoms with E-state index < -0.39 is 5.97 Å². The summed E-state index contributed by atoms with van der Waals surface area (Å²) in [6.07, 6.45) is 1.41. The van der Waals surface area contributed by atoms with Crippen LogP contribution in [-0.2, 0) is 0 Å². The number of hydrogen-bond donors (Lipinski definition) is 2. The fraction of sp³-hybridized carbons (Fsp3) is 0.0769. The number of nitrogens with one attached hydrogen (secondary N) is 1. The molecule has 0 saturated carbocycles. The Morgan fingerprint density at radius 3 is 2.53 bits per heavy atom. The van der Waals surface area contributed by atoms with Crippen LogP contribution in [0, 0.1) is 6.92 Å². The molecule has 4 nitrogen and oxygen atoms in total. The zero-order chi connectivity index (χ0) is 12.4. The first-order valence-electron chi connectivity index (χ1n) is 5.11. The Hall–Kier alpha value is -2.36. The van der Waals surface area contributed by atoms with Crippen LogP contribution >= 0.6 is 0 Å². The Bertz CT molecular complexity index is 584. The van der Waals surface area contributed by atoms with Crippen LogP contribution in [0.5, 0.6) is 0 Å². The first-order valence-corrected chi connectivity index (χ1v) is 5.11. The number of aromatic nitrogens is 1. The second-order valence-electron chi connectivity index (χ2n) is 3.81. The molecule has 0 spiro atoms. The number of hydrogen-bond acceptors (Lipinski definition) is 2. The summed E-state index contributed by atoms with van der Waals surface area (Å²) < 4.78 is 0. The number of carboxylic acids is 1.